The van der Waals surface area contributed by atoms with E-state index >= 15 is 0 Å². The fraction of sp³-hybridized carbons (Fsp3) is 0.360. The molecule has 10 heteroatoms. The molecule has 2 aliphatic rings. The topological polar surface area (TPSA) is 105 Å². The van der Waals surface area contributed by atoms with Crippen molar-refractivity contribution in [1.29, 1.82) is 0 Å². The minimum Gasteiger partial charge on any atom is -0.494 e. The summed E-state index contributed by atoms with van der Waals surface area (Å²) in [5.74, 6) is -1.18. The van der Waals surface area contributed by atoms with Crippen LogP contribution in [-0.4, -0.2) is 45.8 Å². The fourth-order valence-electron chi connectivity index (χ4n) is 4.42. The Kier molecular flexibility index (Phi) is 7.93. The van der Waals surface area contributed by atoms with Crippen molar-refractivity contribution in [3.8, 4) is 0 Å². The van der Waals surface area contributed by atoms with Gasteiger partial charge in [-0.25, -0.2) is 9.59 Å². The number of carbonyl (C=O) groups is 2. The normalized spacial score (nSPS) is 24.6. The Balaban J connectivity index is 1.51. The van der Waals surface area contributed by atoms with Crippen LogP contribution >= 0.6 is 15.9 Å². The number of ether oxygens (including phenoxy) is 3. The number of fused-ring (bicyclic) bond motifs is 1. The zero-order valence-corrected chi connectivity index (χ0v) is 21.4. The second-order valence-corrected chi connectivity index (χ2v) is 10.8. The number of hydrogen-bond donors (Lipinski definition) is 0. The van der Waals surface area contributed by atoms with Gasteiger partial charge < -0.3 is 14.2 Å². The standard InChI is InChI=1S/C25H25BrO8S/c1-2-31-24(27)13-18-12-20-21(15-32-35(29,30)19-10-8-17(26)9-11-19)23(14-22(20)33-18)34-25(28)16-6-4-3-5-7-16/h3-11,13,20-23H,2,12,14-15H2,1H3/b18-13+/t20-,21?,22+,23-/m1/s1. The van der Waals surface area contributed by atoms with Crippen LogP contribution in [0.1, 0.15) is 30.1 Å². The summed E-state index contributed by atoms with van der Waals surface area (Å²) in [6.07, 6.45) is 1.10. The number of allylic oxidation sites excluding steroid dienone is 1. The van der Waals surface area contributed by atoms with Crippen LogP contribution in [0.15, 0.2) is 75.8 Å². The first-order chi connectivity index (χ1) is 16.8. The molecule has 2 aromatic carbocycles. The van der Waals surface area contributed by atoms with Crippen LogP contribution in [0.2, 0.25) is 0 Å². The number of benzene rings is 2. The summed E-state index contributed by atoms with van der Waals surface area (Å²) in [5.41, 5.74) is 0.399. The van der Waals surface area contributed by atoms with Crippen molar-refractivity contribution in [3.05, 3.63) is 76.5 Å². The lowest BCUT2D eigenvalue weighted by molar-refractivity contribution is -0.137. The van der Waals surface area contributed by atoms with E-state index in [4.69, 9.17) is 18.4 Å². The van der Waals surface area contributed by atoms with Gasteiger partial charge in [0.1, 0.15) is 18.0 Å². The minimum atomic E-state index is -4.03. The van der Waals surface area contributed by atoms with Gasteiger partial charge in [-0.15, -0.1) is 0 Å². The number of rotatable bonds is 8. The number of halogens is 1. The van der Waals surface area contributed by atoms with Crippen LogP contribution in [0.25, 0.3) is 0 Å². The van der Waals surface area contributed by atoms with Crippen molar-refractivity contribution in [2.75, 3.05) is 13.2 Å². The Bertz CT molecular complexity index is 1190. The highest BCUT2D eigenvalue weighted by molar-refractivity contribution is 9.10. The summed E-state index contributed by atoms with van der Waals surface area (Å²) in [6.45, 7) is 1.77. The highest BCUT2D eigenvalue weighted by Gasteiger charge is 2.51. The summed E-state index contributed by atoms with van der Waals surface area (Å²) < 4.78 is 48.4. The monoisotopic (exact) mass is 564 g/mol. The molecule has 1 saturated carbocycles. The van der Waals surface area contributed by atoms with Gasteiger partial charge in [0.2, 0.25) is 0 Å². The Hall–Kier alpha value is -2.69. The highest BCUT2D eigenvalue weighted by Crippen LogP contribution is 2.46. The van der Waals surface area contributed by atoms with Crippen molar-refractivity contribution in [1.82, 2.24) is 0 Å². The van der Waals surface area contributed by atoms with Crippen LogP contribution in [0.3, 0.4) is 0 Å². The predicted molar refractivity (Wildman–Crippen MR) is 129 cm³/mol. The molecule has 0 radical (unpaired) electrons. The SMILES string of the molecule is CCOC(=O)/C=C1\C[C@@H]2C(COS(=O)(=O)c3ccc(Br)cc3)[C@H](OC(=O)c3ccccc3)C[C@@H]2O1. The van der Waals surface area contributed by atoms with Crippen LogP contribution < -0.4 is 0 Å². The summed E-state index contributed by atoms with van der Waals surface area (Å²) >= 11 is 3.28. The zero-order valence-electron chi connectivity index (χ0n) is 19.0. The van der Waals surface area contributed by atoms with Crippen LogP contribution in [0, 0.1) is 11.8 Å². The fourth-order valence-corrected chi connectivity index (χ4v) is 5.62. The molecule has 4 atom stereocenters. The van der Waals surface area contributed by atoms with Gasteiger partial charge in [0.25, 0.3) is 10.1 Å². The van der Waals surface area contributed by atoms with Crippen molar-refractivity contribution in [2.45, 2.75) is 36.9 Å². The Morgan fingerprint density at radius 2 is 1.83 bits per heavy atom. The quantitative estimate of drug-likeness (QED) is 0.266. The van der Waals surface area contributed by atoms with E-state index in [-0.39, 0.29) is 30.1 Å². The maximum absolute atomic E-state index is 12.8. The average molecular weight is 565 g/mol. The molecule has 1 aliphatic heterocycles. The van der Waals surface area contributed by atoms with Gasteiger partial charge in [0, 0.05) is 29.2 Å². The number of carbonyl (C=O) groups excluding carboxylic acids is 2. The van der Waals surface area contributed by atoms with Gasteiger partial charge in [-0.05, 0) is 43.3 Å². The van der Waals surface area contributed by atoms with E-state index in [0.29, 0.717) is 24.2 Å². The van der Waals surface area contributed by atoms with Crippen molar-refractivity contribution < 1.29 is 36.4 Å². The molecule has 186 valence electrons. The second kappa shape index (κ2) is 10.9. The summed E-state index contributed by atoms with van der Waals surface area (Å²) in [4.78, 5) is 24.6. The van der Waals surface area contributed by atoms with E-state index in [1.54, 1.807) is 49.4 Å². The first kappa shape index (κ1) is 25.4. The third kappa shape index (κ3) is 6.12. The molecule has 1 aliphatic carbocycles. The van der Waals surface area contributed by atoms with Crippen molar-refractivity contribution in [2.24, 2.45) is 11.8 Å². The van der Waals surface area contributed by atoms with E-state index in [1.807, 2.05) is 0 Å². The highest BCUT2D eigenvalue weighted by atomic mass is 79.9. The van der Waals surface area contributed by atoms with Gasteiger partial charge in [-0.3, -0.25) is 4.18 Å². The maximum Gasteiger partial charge on any atom is 0.338 e. The predicted octanol–water partition coefficient (Wildman–Crippen LogP) is 4.25. The van der Waals surface area contributed by atoms with Crippen LogP contribution in [0.4, 0.5) is 0 Å². The summed E-state index contributed by atoms with van der Waals surface area (Å²) in [7, 11) is -4.03. The van der Waals surface area contributed by atoms with Gasteiger partial charge in [0.15, 0.2) is 0 Å². The molecule has 2 fully saturated rings. The number of hydrogen-bond acceptors (Lipinski definition) is 8. The van der Waals surface area contributed by atoms with E-state index in [2.05, 4.69) is 15.9 Å². The molecule has 2 aromatic rings. The minimum absolute atomic E-state index is 0.0265. The lowest BCUT2D eigenvalue weighted by atomic mass is 9.92. The number of esters is 2. The van der Waals surface area contributed by atoms with Crippen molar-refractivity contribution >= 4 is 38.0 Å². The van der Waals surface area contributed by atoms with Crippen LogP contribution in [0.5, 0.6) is 0 Å². The molecule has 8 nitrogen and oxygen atoms in total. The van der Waals surface area contributed by atoms with Gasteiger partial charge in [-0.1, -0.05) is 34.1 Å². The lowest BCUT2D eigenvalue weighted by Crippen LogP contribution is -2.30. The molecule has 0 aromatic heterocycles. The van der Waals surface area contributed by atoms with Gasteiger partial charge in [0.05, 0.1) is 29.7 Å². The van der Waals surface area contributed by atoms with E-state index in [9.17, 15) is 18.0 Å². The molecule has 1 saturated heterocycles. The summed E-state index contributed by atoms with van der Waals surface area (Å²) in [6, 6.07) is 14.7. The third-order valence-corrected chi connectivity index (χ3v) is 7.89. The molecule has 0 spiro atoms. The first-order valence-corrected chi connectivity index (χ1v) is 13.4. The van der Waals surface area contributed by atoms with E-state index in [1.165, 1.54) is 18.2 Å². The van der Waals surface area contributed by atoms with Crippen LogP contribution in [-0.2, 0) is 33.3 Å². The van der Waals surface area contributed by atoms with Gasteiger partial charge >= 0.3 is 11.9 Å². The molecular weight excluding hydrogens is 540 g/mol. The zero-order chi connectivity index (χ0) is 25.0. The smallest absolute Gasteiger partial charge is 0.338 e. The summed E-state index contributed by atoms with van der Waals surface area (Å²) in [5, 5.41) is 0. The first-order valence-electron chi connectivity index (χ1n) is 11.2. The van der Waals surface area contributed by atoms with Crippen molar-refractivity contribution in [3.63, 3.8) is 0 Å². The van der Waals surface area contributed by atoms with E-state index in [0.717, 1.165) is 4.47 Å². The molecule has 0 bridgehead atoms. The molecule has 0 amide bonds. The molecular formula is C25H25BrO8S. The largest absolute Gasteiger partial charge is 0.494 e. The molecule has 1 heterocycles. The molecule has 1 unspecified atom stereocenters. The van der Waals surface area contributed by atoms with E-state index < -0.39 is 34.1 Å². The van der Waals surface area contributed by atoms with Gasteiger partial charge in [-0.2, -0.15) is 8.42 Å². The Labute approximate surface area is 212 Å². The third-order valence-electron chi connectivity index (χ3n) is 6.06. The Morgan fingerprint density at radius 3 is 2.51 bits per heavy atom. The molecule has 4 rings (SSSR count). The maximum atomic E-state index is 12.8. The molecule has 0 N–H and O–H groups in total. The molecule has 35 heavy (non-hydrogen) atoms. The average Bonchev–Trinajstić information content (AvgIpc) is 3.35. The lowest BCUT2D eigenvalue weighted by Gasteiger charge is -2.23. The Morgan fingerprint density at radius 1 is 1.11 bits per heavy atom. The second-order valence-electron chi connectivity index (χ2n) is 8.29.